The topological polar surface area (TPSA) is 45.0 Å². The number of Topliss-reactive ketones (excluding diaryl/α,β-unsaturated/α-hetero) is 1. The van der Waals surface area contributed by atoms with Crippen molar-refractivity contribution in [2.24, 2.45) is 0 Å². The Balaban J connectivity index is 0.00000841. The molecule has 2 N–H and O–H groups in total. The minimum Gasteiger partial charge on any atom is -1.00 e. The molecule has 0 spiro atoms. The minimum absolute atomic E-state index is 0. The summed E-state index contributed by atoms with van der Waals surface area (Å²) in [6, 6.07) is 0. The predicted molar refractivity (Wildman–Crippen MR) is 123 cm³/mol. The van der Waals surface area contributed by atoms with Crippen molar-refractivity contribution in [1.29, 1.82) is 0 Å². The van der Waals surface area contributed by atoms with E-state index in [1.54, 1.807) is 0 Å². The molecular weight excluding hydrogens is 396 g/mol. The van der Waals surface area contributed by atoms with Gasteiger partial charge in [0, 0.05) is 13.0 Å². The fraction of sp³-hybridized carbons (Fsp3) is 0.880. The lowest BCUT2D eigenvalue weighted by Crippen LogP contribution is -3.15. The number of nitrogens with zero attached hydrogens (tertiary/aromatic N) is 1. The first-order chi connectivity index (χ1) is 14.2. The van der Waals surface area contributed by atoms with E-state index in [-0.39, 0.29) is 25.2 Å². The molecule has 1 aliphatic heterocycles. The van der Waals surface area contributed by atoms with Gasteiger partial charge in [-0.2, -0.15) is 0 Å². The number of ketones is 1. The Bertz CT molecular complexity index is 431. The first-order valence-electron chi connectivity index (χ1n) is 12.6. The first kappa shape index (κ1) is 29.6. The smallest absolute Gasteiger partial charge is 0.205 e. The molecule has 1 aliphatic rings. The van der Waals surface area contributed by atoms with Crippen LogP contribution in [0, 0.1) is 0 Å². The summed E-state index contributed by atoms with van der Waals surface area (Å²) < 4.78 is 0. The largest absolute Gasteiger partial charge is 1.00 e. The summed E-state index contributed by atoms with van der Waals surface area (Å²) in [5.74, 6) is 0.380. The number of carbonyl (C=O) groups is 1. The maximum Gasteiger partial charge on any atom is 0.205 e. The molecule has 4 nitrogen and oxygen atoms in total. The third-order valence-corrected chi connectivity index (χ3v) is 6.30. The molecule has 1 fully saturated rings. The van der Waals surface area contributed by atoms with Gasteiger partial charge in [0.25, 0.3) is 0 Å². The van der Waals surface area contributed by atoms with E-state index in [0.29, 0.717) is 18.7 Å². The molecule has 5 heteroatoms. The molecule has 2 atom stereocenters. The van der Waals surface area contributed by atoms with Crippen molar-refractivity contribution in [3.8, 4) is 0 Å². The first-order valence-corrected chi connectivity index (χ1v) is 12.6. The number of unbranched alkanes of at least 4 members (excludes halogenated alkanes) is 11. The molecule has 1 heterocycles. The number of allylic oxidation sites excluding steroid dienone is 2. The summed E-state index contributed by atoms with van der Waals surface area (Å²) in [5.41, 5.74) is 0. The Hall–Kier alpha value is -0.420. The number of aliphatic hydroxyl groups excluding tert-OH is 1. The number of hydrogen-bond donors (Lipinski definition) is 2. The van der Waals surface area contributed by atoms with E-state index in [1.165, 1.54) is 81.9 Å². The van der Waals surface area contributed by atoms with Crippen molar-refractivity contribution in [3.05, 3.63) is 12.2 Å². The van der Waals surface area contributed by atoms with Crippen LogP contribution in [0.1, 0.15) is 104 Å². The SMILES string of the molecule is CCCCCCCC/C=C\CCCCCCCC(=O)C1N(CCO)CC[NH+]1CC.[Cl-]. The highest BCUT2D eigenvalue weighted by Crippen LogP contribution is 2.11. The van der Waals surface area contributed by atoms with Gasteiger partial charge in [-0.1, -0.05) is 70.4 Å². The Morgan fingerprint density at radius 1 is 0.933 bits per heavy atom. The summed E-state index contributed by atoms with van der Waals surface area (Å²) in [5, 5.41) is 9.24. The molecule has 0 saturated carbocycles. The standard InChI is InChI=1S/C25H48N2O2.ClH/c1-3-5-6-7-8-9-10-11-12-13-14-15-16-17-18-19-24(29)25-26(4-2)20-21-27(25)22-23-28;/h11-12,25,28H,3-10,13-23H2,1-2H3;1H/b12-11-;. The lowest BCUT2D eigenvalue weighted by atomic mass is 10.1. The van der Waals surface area contributed by atoms with E-state index in [2.05, 4.69) is 30.9 Å². The lowest BCUT2D eigenvalue weighted by Gasteiger charge is -2.24. The summed E-state index contributed by atoms with van der Waals surface area (Å²) in [4.78, 5) is 16.2. The minimum atomic E-state index is -0.0102. The van der Waals surface area contributed by atoms with E-state index in [1.807, 2.05) is 0 Å². The summed E-state index contributed by atoms with van der Waals surface area (Å²) in [6.07, 6.45) is 22.2. The summed E-state index contributed by atoms with van der Waals surface area (Å²) >= 11 is 0. The number of nitrogens with one attached hydrogen (secondary N) is 1. The van der Waals surface area contributed by atoms with Crippen molar-refractivity contribution >= 4 is 5.78 Å². The quantitative estimate of drug-likeness (QED) is 0.232. The fourth-order valence-corrected chi connectivity index (χ4v) is 4.49. The van der Waals surface area contributed by atoms with Crippen LogP contribution in [0.5, 0.6) is 0 Å². The van der Waals surface area contributed by atoms with E-state index in [4.69, 9.17) is 0 Å². The molecule has 0 aliphatic carbocycles. The van der Waals surface area contributed by atoms with Crippen molar-refractivity contribution in [1.82, 2.24) is 4.90 Å². The molecule has 178 valence electrons. The van der Waals surface area contributed by atoms with Crippen LogP contribution < -0.4 is 17.3 Å². The highest BCUT2D eigenvalue weighted by atomic mass is 35.5. The van der Waals surface area contributed by atoms with Crippen LogP contribution in [0.25, 0.3) is 0 Å². The number of halogens is 1. The maximum atomic E-state index is 12.7. The van der Waals surface area contributed by atoms with E-state index in [0.717, 1.165) is 26.1 Å². The van der Waals surface area contributed by atoms with Crippen molar-refractivity contribution in [2.75, 3.05) is 32.8 Å². The highest BCUT2D eigenvalue weighted by molar-refractivity contribution is 5.82. The van der Waals surface area contributed by atoms with Gasteiger partial charge < -0.3 is 22.4 Å². The van der Waals surface area contributed by atoms with Crippen LogP contribution in [0.3, 0.4) is 0 Å². The second kappa shape index (κ2) is 20.5. The van der Waals surface area contributed by atoms with Crippen LogP contribution in [0.4, 0.5) is 0 Å². The van der Waals surface area contributed by atoms with Gasteiger partial charge >= 0.3 is 0 Å². The third-order valence-electron chi connectivity index (χ3n) is 6.30. The van der Waals surface area contributed by atoms with Crippen LogP contribution in [-0.2, 0) is 4.79 Å². The fourth-order valence-electron chi connectivity index (χ4n) is 4.49. The van der Waals surface area contributed by atoms with Gasteiger partial charge in [-0.25, -0.2) is 4.90 Å². The molecular formula is C25H49ClN2O2. The Labute approximate surface area is 192 Å². The number of carbonyl (C=O) groups excluding carboxylic acids is 1. The number of likely N-dealkylation sites (N-methyl/N-ethyl adjacent to an activating group) is 1. The molecule has 0 aromatic rings. The van der Waals surface area contributed by atoms with Crippen LogP contribution >= 0.6 is 0 Å². The predicted octanol–water partition coefficient (Wildman–Crippen LogP) is 1.14. The number of rotatable bonds is 19. The molecule has 0 amide bonds. The molecule has 1 saturated heterocycles. The molecule has 30 heavy (non-hydrogen) atoms. The average Bonchev–Trinajstić information content (AvgIpc) is 3.14. The monoisotopic (exact) mass is 444 g/mol. The third kappa shape index (κ3) is 13.1. The molecule has 0 bridgehead atoms. The van der Waals surface area contributed by atoms with Crippen LogP contribution in [0.15, 0.2) is 12.2 Å². The van der Waals surface area contributed by atoms with Crippen molar-refractivity contribution in [2.45, 2.75) is 110 Å². The lowest BCUT2D eigenvalue weighted by molar-refractivity contribution is -0.906. The average molecular weight is 445 g/mol. The van der Waals surface area contributed by atoms with Gasteiger partial charge in [-0.3, -0.25) is 4.79 Å². The second-order valence-corrected chi connectivity index (χ2v) is 8.72. The number of quaternary nitrogens is 1. The zero-order chi connectivity index (χ0) is 21.2. The van der Waals surface area contributed by atoms with Crippen LogP contribution in [-0.4, -0.2) is 54.7 Å². The number of hydrogen-bond acceptors (Lipinski definition) is 3. The number of β-amino-alcohol motifs (C(OH)–C–C–N with tert-alkyl or cyclic N) is 1. The molecule has 0 aromatic carbocycles. The summed E-state index contributed by atoms with van der Waals surface area (Å²) in [6.45, 7) is 8.16. The molecule has 0 radical (unpaired) electrons. The Morgan fingerprint density at radius 2 is 1.50 bits per heavy atom. The van der Waals surface area contributed by atoms with Crippen LogP contribution in [0.2, 0.25) is 0 Å². The Kier molecular flexibility index (Phi) is 20.2. The second-order valence-electron chi connectivity index (χ2n) is 8.72. The molecule has 0 aromatic heterocycles. The van der Waals surface area contributed by atoms with Crippen molar-refractivity contribution in [3.63, 3.8) is 0 Å². The van der Waals surface area contributed by atoms with Gasteiger partial charge in [-0.15, -0.1) is 0 Å². The van der Waals surface area contributed by atoms with Gasteiger partial charge in [0.2, 0.25) is 11.9 Å². The van der Waals surface area contributed by atoms with E-state index < -0.39 is 0 Å². The van der Waals surface area contributed by atoms with E-state index in [9.17, 15) is 9.90 Å². The summed E-state index contributed by atoms with van der Waals surface area (Å²) in [7, 11) is 0. The maximum absolute atomic E-state index is 12.7. The van der Waals surface area contributed by atoms with Gasteiger partial charge in [0.05, 0.1) is 26.2 Å². The highest BCUT2D eigenvalue weighted by Gasteiger charge is 2.39. The van der Waals surface area contributed by atoms with Gasteiger partial charge in [0.15, 0.2) is 0 Å². The van der Waals surface area contributed by atoms with Crippen molar-refractivity contribution < 1.29 is 27.2 Å². The normalized spacial score (nSPS) is 19.4. The molecule has 1 rings (SSSR count). The Morgan fingerprint density at radius 3 is 2.07 bits per heavy atom. The molecule has 2 unspecified atom stereocenters. The zero-order valence-electron chi connectivity index (χ0n) is 19.8. The number of aliphatic hydroxyl groups is 1. The van der Waals surface area contributed by atoms with Gasteiger partial charge in [-0.05, 0) is 39.0 Å². The van der Waals surface area contributed by atoms with Gasteiger partial charge in [0.1, 0.15) is 0 Å². The van der Waals surface area contributed by atoms with E-state index >= 15 is 0 Å². The zero-order valence-corrected chi connectivity index (χ0v) is 20.6.